The maximum absolute atomic E-state index is 12.5. The van der Waals surface area contributed by atoms with Gasteiger partial charge in [-0.1, -0.05) is 6.07 Å². The predicted octanol–water partition coefficient (Wildman–Crippen LogP) is 1.68. The third-order valence-corrected chi connectivity index (χ3v) is 5.73. The number of nitrogens with zero attached hydrogens (tertiary/aromatic N) is 2. The molecule has 24 heavy (non-hydrogen) atoms. The molecule has 10 heteroatoms. The molecule has 1 aromatic heterocycles. The van der Waals surface area contributed by atoms with E-state index in [-0.39, 0.29) is 19.2 Å². The Kier molecular flexibility index (Phi) is 4.58. The van der Waals surface area contributed by atoms with Gasteiger partial charge in [0.15, 0.2) is 0 Å². The second kappa shape index (κ2) is 6.25. The van der Waals surface area contributed by atoms with Crippen LogP contribution in [0, 0.1) is 0 Å². The molecule has 0 bridgehead atoms. The Bertz CT molecular complexity index is 675. The van der Waals surface area contributed by atoms with Crippen LogP contribution in [0.2, 0.25) is 0 Å². The average Bonchev–Trinajstić information content (AvgIpc) is 2.50. The summed E-state index contributed by atoms with van der Waals surface area (Å²) in [5, 5.41) is 0. The number of alkyl halides is 3. The molecule has 0 radical (unpaired) electrons. The summed E-state index contributed by atoms with van der Waals surface area (Å²) >= 11 is 0. The van der Waals surface area contributed by atoms with E-state index in [4.69, 9.17) is 9.47 Å². The van der Waals surface area contributed by atoms with E-state index >= 15 is 0 Å². The van der Waals surface area contributed by atoms with Gasteiger partial charge in [0.25, 0.3) is 0 Å². The zero-order chi connectivity index (χ0) is 17.4. The SMILES string of the molecule is O=S(=O)(N1CC2(C[C@@H](OCc3ccccn3)CCO2)C1)C(F)(F)F. The van der Waals surface area contributed by atoms with E-state index < -0.39 is 21.1 Å². The van der Waals surface area contributed by atoms with Crippen molar-refractivity contribution in [3.05, 3.63) is 30.1 Å². The molecule has 1 aromatic rings. The standard InChI is InChI=1S/C14H17F3N2O4S/c15-14(16,17)24(20,21)19-9-13(10-19)7-12(4-6-23-13)22-8-11-3-1-2-5-18-11/h1-3,5,12H,4,6-10H2/t12-/m0/s1. The van der Waals surface area contributed by atoms with Crippen LogP contribution in [0.25, 0.3) is 0 Å². The molecule has 3 heterocycles. The molecule has 2 fully saturated rings. The highest BCUT2D eigenvalue weighted by Crippen LogP contribution is 2.40. The normalized spacial score (nSPS) is 24.7. The number of aromatic nitrogens is 1. The molecule has 134 valence electrons. The summed E-state index contributed by atoms with van der Waals surface area (Å²) in [7, 11) is -5.29. The third-order valence-electron chi connectivity index (χ3n) is 4.20. The molecule has 0 aromatic carbocycles. The summed E-state index contributed by atoms with van der Waals surface area (Å²) in [5.74, 6) is 0. The first-order valence-corrected chi connectivity index (χ1v) is 8.88. The van der Waals surface area contributed by atoms with Crippen molar-refractivity contribution in [3.8, 4) is 0 Å². The highest BCUT2D eigenvalue weighted by atomic mass is 32.2. The van der Waals surface area contributed by atoms with Crippen molar-refractivity contribution in [2.24, 2.45) is 0 Å². The first-order chi connectivity index (χ1) is 11.2. The lowest BCUT2D eigenvalue weighted by Crippen LogP contribution is -2.68. The van der Waals surface area contributed by atoms with Gasteiger partial charge in [-0.3, -0.25) is 4.98 Å². The summed E-state index contributed by atoms with van der Waals surface area (Å²) < 4.78 is 72.1. The van der Waals surface area contributed by atoms with Crippen LogP contribution in [0.1, 0.15) is 18.5 Å². The molecule has 6 nitrogen and oxygen atoms in total. The molecule has 3 rings (SSSR count). The summed E-state index contributed by atoms with van der Waals surface area (Å²) in [4.78, 5) is 4.14. The van der Waals surface area contributed by atoms with E-state index in [0.29, 0.717) is 30.4 Å². The van der Waals surface area contributed by atoms with Gasteiger partial charge in [-0.2, -0.15) is 17.5 Å². The van der Waals surface area contributed by atoms with E-state index in [1.54, 1.807) is 12.3 Å². The van der Waals surface area contributed by atoms with Gasteiger partial charge < -0.3 is 9.47 Å². The Balaban J connectivity index is 1.56. The highest BCUT2D eigenvalue weighted by molar-refractivity contribution is 7.90. The molecule has 2 aliphatic rings. The molecule has 0 N–H and O–H groups in total. The second-order valence-electron chi connectivity index (χ2n) is 6.00. The number of hydrogen-bond donors (Lipinski definition) is 0. The van der Waals surface area contributed by atoms with E-state index in [0.717, 1.165) is 5.69 Å². The number of halogens is 3. The Labute approximate surface area is 137 Å². The van der Waals surface area contributed by atoms with Crippen molar-refractivity contribution in [1.82, 2.24) is 9.29 Å². The lowest BCUT2D eigenvalue weighted by Gasteiger charge is -2.51. The average molecular weight is 366 g/mol. The van der Waals surface area contributed by atoms with Crippen LogP contribution in [0.15, 0.2) is 24.4 Å². The van der Waals surface area contributed by atoms with Gasteiger partial charge in [-0.25, -0.2) is 8.42 Å². The summed E-state index contributed by atoms with van der Waals surface area (Å²) in [6.45, 7) is 0.0372. The minimum Gasteiger partial charge on any atom is -0.372 e. The Morgan fingerprint density at radius 1 is 1.38 bits per heavy atom. The topological polar surface area (TPSA) is 68.7 Å². The number of sulfonamides is 1. The van der Waals surface area contributed by atoms with E-state index in [9.17, 15) is 21.6 Å². The first-order valence-electron chi connectivity index (χ1n) is 7.44. The lowest BCUT2D eigenvalue weighted by atomic mass is 9.86. The van der Waals surface area contributed by atoms with Crippen LogP contribution in [0.3, 0.4) is 0 Å². The zero-order valence-electron chi connectivity index (χ0n) is 12.7. The molecule has 2 aliphatic heterocycles. The molecule has 0 aliphatic carbocycles. The van der Waals surface area contributed by atoms with Gasteiger partial charge in [-0.15, -0.1) is 0 Å². The molecule has 1 spiro atoms. The fourth-order valence-electron chi connectivity index (χ4n) is 2.94. The highest BCUT2D eigenvalue weighted by Gasteiger charge is 2.59. The van der Waals surface area contributed by atoms with E-state index in [1.807, 2.05) is 12.1 Å². The molecular formula is C14H17F3N2O4S. The molecule has 2 saturated heterocycles. The van der Waals surface area contributed by atoms with Crippen molar-refractivity contribution in [1.29, 1.82) is 0 Å². The minimum absolute atomic E-state index is 0.198. The smallest absolute Gasteiger partial charge is 0.372 e. The maximum Gasteiger partial charge on any atom is 0.511 e. The van der Waals surface area contributed by atoms with Crippen molar-refractivity contribution >= 4 is 10.0 Å². The van der Waals surface area contributed by atoms with Gasteiger partial charge in [-0.05, 0) is 18.6 Å². The fourth-order valence-corrected chi connectivity index (χ4v) is 4.05. The second-order valence-corrected chi connectivity index (χ2v) is 7.93. The Morgan fingerprint density at radius 3 is 2.75 bits per heavy atom. The van der Waals surface area contributed by atoms with Crippen LogP contribution in [0.5, 0.6) is 0 Å². The van der Waals surface area contributed by atoms with Crippen molar-refractivity contribution in [2.45, 2.75) is 36.7 Å². The number of pyridine rings is 1. The van der Waals surface area contributed by atoms with Gasteiger partial charge in [0.2, 0.25) is 0 Å². The van der Waals surface area contributed by atoms with Crippen LogP contribution < -0.4 is 0 Å². The fraction of sp³-hybridized carbons (Fsp3) is 0.643. The predicted molar refractivity (Wildman–Crippen MR) is 77.3 cm³/mol. The molecular weight excluding hydrogens is 349 g/mol. The van der Waals surface area contributed by atoms with Crippen LogP contribution in [0.4, 0.5) is 13.2 Å². The molecule has 0 unspecified atom stereocenters. The Hall–Kier alpha value is -1.23. The lowest BCUT2D eigenvalue weighted by molar-refractivity contribution is -0.183. The largest absolute Gasteiger partial charge is 0.511 e. The molecule has 0 saturated carbocycles. The summed E-state index contributed by atoms with van der Waals surface area (Å²) in [6, 6.07) is 5.44. The first kappa shape index (κ1) is 17.6. The van der Waals surface area contributed by atoms with Gasteiger partial charge >= 0.3 is 15.5 Å². The van der Waals surface area contributed by atoms with Crippen molar-refractivity contribution in [2.75, 3.05) is 19.7 Å². The number of rotatable bonds is 4. The van der Waals surface area contributed by atoms with Crippen LogP contribution in [-0.4, -0.2) is 54.6 Å². The summed E-state index contributed by atoms with van der Waals surface area (Å²) in [6.07, 6.45) is 2.43. The summed E-state index contributed by atoms with van der Waals surface area (Å²) in [5.41, 5.74) is -5.41. The monoisotopic (exact) mass is 366 g/mol. The Morgan fingerprint density at radius 2 is 2.12 bits per heavy atom. The quantitative estimate of drug-likeness (QED) is 0.811. The van der Waals surface area contributed by atoms with Crippen molar-refractivity contribution < 1.29 is 31.1 Å². The van der Waals surface area contributed by atoms with Crippen LogP contribution in [-0.2, 0) is 26.1 Å². The van der Waals surface area contributed by atoms with Crippen LogP contribution >= 0.6 is 0 Å². The number of hydrogen-bond acceptors (Lipinski definition) is 5. The maximum atomic E-state index is 12.5. The minimum atomic E-state index is -5.29. The van der Waals surface area contributed by atoms with E-state index in [2.05, 4.69) is 4.98 Å². The van der Waals surface area contributed by atoms with Gasteiger partial charge in [0, 0.05) is 32.3 Å². The van der Waals surface area contributed by atoms with Crippen molar-refractivity contribution in [3.63, 3.8) is 0 Å². The number of ether oxygens (including phenoxy) is 2. The van der Waals surface area contributed by atoms with E-state index in [1.165, 1.54) is 0 Å². The van der Waals surface area contributed by atoms with Gasteiger partial charge in [0.05, 0.1) is 24.0 Å². The third kappa shape index (κ3) is 3.41. The molecule has 1 atom stereocenters. The van der Waals surface area contributed by atoms with Gasteiger partial charge in [0.1, 0.15) is 0 Å². The zero-order valence-corrected chi connectivity index (χ0v) is 13.5. The molecule has 0 amide bonds.